The maximum absolute atomic E-state index is 12.1. The summed E-state index contributed by atoms with van der Waals surface area (Å²) < 4.78 is 0. The first kappa shape index (κ1) is 17.5. The Hall–Kier alpha value is -2.37. The summed E-state index contributed by atoms with van der Waals surface area (Å²) in [5, 5.41) is 4.15. The van der Waals surface area contributed by atoms with E-state index >= 15 is 0 Å². The number of nitrogens with zero attached hydrogens (tertiary/aromatic N) is 2. The van der Waals surface area contributed by atoms with E-state index in [2.05, 4.69) is 15.3 Å². The summed E-state index contributed by atoms with van der Waals surface area (Å²) in [7, 11) is 0. The first-order valence-corrected chi connectivity index (χ1v) is 9.05. The molecule has 0 bridgehead atoms. The summed E-state index contributed by atoms with van der Waals surface area (Å²) in [4.78, 5) is 20.9. The average Bonchev–Trinajstić information content (AvgIpc) is 2.63. The second-order valence-electron chi connectivity index (χ2n) is 5.38. The van der Waals surface area contributed by atoms with Crippen molar-refractivity contribution in [3.63, 3.8) is 0 Å². The maximum atomic E-state index is 12.1. The van der Waals surface area contributed by atoms with Crippen molar-refractivity contribution in [3.05, 3.63) is 71.4 Å². The number of rotatable bonds is 5. The Morgan fingerprint density at radius 1 is 1.12 bits per heavy atom. The molecule has 1 N–H and O–H groups in total. The third-order valence-corrected chi connectivity index (χ3v) is 4.64. The highest BCUT2D eigenvalue weighted by Crippen LogP contribution is 2.22. The largest absolute Gasteiger partial charge is 0.325 e. The average molecular weight is 370 g/mol. The minimum absolute atomic E-state index is 0.0835. The van der Waals surface area contributed by atoms with Gasteiger partial charge in [-0.3, -0.25) is 4.79 Å². The van der Waals surface area contributed by atoms with Gasteiger partial charge in [0.2, 0.25) is 5.91 Å². The molecule has 0 fully saturated rings. The number of carbonyl (C=O) groups is 1. The van der Waals surface area contributed by atoms with Crippen LogP contribution >= 0.6 is 23.4 Å². The number of carbonyl (C=O) groups excluding carboxylic acids is 1. The van der Waals surface area contributed by atoms with Gasteiger partial charge in [0.05, 0.1) is 11.4 Å². The Bertz CT molecular complexity index is 884. The van der Waals surface area contributed by atoms with Crippen LogP contribution in [0.4, 0.5) is 5.69 Å². The highest BCUT2D eigenvalue weighted by molar-refractivity contribution is 7.99. The number of anilines is 1. The molecule has 6 heteroatoms. The molecule has 3 aromatic rings. The molecule has 126 valence electrons. The molecule has 0 saturated carbocycles. The van der Waals surface area contributed by atoms with Crippen LogP contribution < -0.4 is 5.32 Å². The zero-order chi connectivity index (χ0) is 17.6. The summed E-state index contributed by atoms with van der Waals surface area (Å²) in [6.07, 6.45) is 1.69. The van der Waals surface area contributed by atoms with Gasteiger partial charge in [-0.15, -0.1) is 0 Å². The summed E-state index contributed by atoms with van der Waals surface area (Å²) in [6.45, 7) is 1.96. The van der Waals surface area contributed by atoms with Crippen molar-refractivity contribution in [3.8, 4) is 11.3 Å². The fourth-order valence-electron chi connectivity index (χ4n) is 2.22. The lowest BCUT2D eigenvalue weighted by Crippen LogP contribution is -2.15. The number of aromatic nitrogens is 2. The molecule has 0 atom stereocenters. The van der Waals surface area contributed by atoms with Crippen LogP contribution in [0.5, 0.6) is 0 Å². The molecule has 3 rings (SSSR count). The molecule has 1 heterocycles. The molecular formula is C19H16ClN3OS. The Kier molecular flexibility index (Phi) is 5.68. The van der Waals surface area contributed by atoms with E-state index in [9.17, 15) is 4.79 Å². The molecule has 1 amide bonds. The van der Waals surface area contributed by atoms with Gasteiger partial charge in [0.15, 0.2) is 5.16 Å². The lowest BCUT2D eigenvalue weighted by molar-refractivity contribution is -0.113. The number of thioether (sulfide) groups is 1. The zero-order valence-corrected chi connectivity index (χ0v) is 15.1. The standard InChI is InChI=1S/C19H16ClN3OS/c1-13-4-2-3-5-16(13)22-18(24)12-25-19-21-11-10-17(23-19)14-6-8-15(20)9-7-14/h2-11H,12H2,1H3,(H,22,24). The van der Waals surface area contributed by atoms with E-state index in [-0.39, 0.29) is 11.7 Å². The van der Waals surface area contributed by atoms with Crippen LogP contribution in [0.1, 0.15) is 5.56 Å². The molecule has 0 aliphatic rings. The van der Waals surface area contributed by atoms with Crippen molar-refractivity contribution in [1.29, 1.82) is 0 Å². The minimum atomic E-state index is -0.0835. The number of benzene rings is 2. The van der Waals surface area contributed by atoms with Crippen molar-refractivity contribution < 1.29 is 4.79 Å². The van der Waals surface area contributed by atoms with Gasteiger partial charge in [-0.1, -0.05) is 53.7 Å². The first-order valence-electron chi connectivity index (χ1n) is 7.69. The van der Waals surface area contributed by atoms with E-state index in [1.54, 1.807) is 6.20 Å². The summed E-state index contributed by atoms with van der Waals surface area (Å²) in [5.74, 6) is 0.165. The Morgan fingerprint density at radius 2 is 1.88 bits per heavy atom. The molecule has 1 aromatic heterocycles. The number of hydrogen-bond acceptors (Lipinski definition) is 4. The second kappa shape index (κ2) is 8.14. The predicted molar refractivity (Wildman–Crippen MR) is 103 cm³/mol. The first-order chi connectivity index (χ1) is 12.1. The summed E-state index contributed by atoms with van der Waals surface area (Å²) >= 11 is 7.22. The number of aryl methyl sites for hydroxylation is 1. The monoisotopic (exact) mass is 369 g/mol. The Balaban J connectivity index is 1.63. The number of halogens is 1. The van der Waals surface area contributed by atoms with Crippen LogP contribution in [-0.4, -0.2) is 21.6 Å². The van der Waals surface area contributed by atoms with Crippen LogP contribution in [0.3, 0.4) is 0 Å². The molecule has 0 radical (unpaired) electrons. The van der Waals surface area contributed by atoms with E-state index in [0.29, 0.717) is 10.2 Å². The molecule has 4 nitrogen and oxygen atoms in total. The van der Waals surface area contributed by atoms with E-state index in [1.165, 1.54) is 11.8 Å². The lowest BCUT2D eigenvalue weighted by Gasteiger charge is -2.08. The molecule has 0 aliphatic carbocycles. The normalized spacial score (nSPS) is 10.5. The lowest BCUT2D eigenvalue weighted by atomic mass is 10.1. The van der Waals surface area contributed by atoms with Gasteiger partial charge in [0.25, 0.3) is 0 Å². The molecule has 0 aliphatic heterocycles. The molecular weight excluding hydrogens is 354 g/mol. The number of amides is 1. The van der Waals surface area contributed by atoms with Crippen LogP contribution in [0, 0.1) is 6.92 Å². The van der Waals surface area contributed by atoms with Gasteiger partial charge in [-0.2, -0.15) is 0 Å². The van der Waals surface area contributed by atoms with Crippen LogP contribution in [0.15, 0.2) is 66.0 Å². The highest BCUT2D eigenvalue weighted by atomic mass is 35.5. The van der Waals surface area contributed by atoms with Crippen LogP contribution in [-0.2, 0) is 4.79 Å². The van der Waals surface area contributed by atoms with E-state index in [0.717, 1.165) is 22.5 Å². The predicted octanol–water partition coefficient (Wildman–Crippen LogP) is 4.84. The van der Waals surface area contributed by atoms with Gasteiger partial charge >= 0.3 is 0 Å². The van der Waals surface area contributed by atoms with Gasteiger partial charge in [-0.05, 0) is 36.8 Å². The van der Waals surface area contributed by atoms with Crippen molar-refractivity contribution in [2.75, 3.05) is 11.1 Å². The van der Waals surface area contributed by atoms with Crippen molar-refractivity contribution in [2.45, 2.75) is 12.1 Å². The molecule has 25 heavy (non-hydrogen) atoms. The third kappa shape index (κ3) is 4.81. The van der Waals surface area contributed by atoms with Gasteiger partial charge < -0.3 is 5.32 Å². The zero-order valence-electron chi connectivity index (χ0n) is 13.6. The van der Waals surface area contributed by atoms with E-state index in [4.69, 9.17) is 11.6 Å². The Morgan fingerprint density at radius 3 is 2.64 bits per heavy atom. The highest BCUT2D eigenvalue weighted by Gasteiger charge is 2.08. The van der Waals surface area contributed by atoms with E-state index < -0.39 is 0 Å². The van der Waals surface area contributed by atoms with Crippen molar-refractivity contribution in [1.82, 2.24) is 9.97 Å². The number of hydrogen-bond donors (Lipinski definition) is 1. The van der Waals surface area contributed by atoms with Crippen molar-refractivity contribution in [2.24, 2.45) is 0 Å². The fourth-order valence-corrected chi connectivity index (χ4v) is 2.98. The third-order valence-electron chi connectivity index (χ3n) is 3.52. The maximum Gasteiger partial charge on any atom is 0.234 e. The van der Waals surface area contributed by atoms with Gasteiger partial charge in [0.1, 0.15) is 0 Å². The number of nitrogens with one attached hydrogen (secondary N) is 1. The summed E-state index contributed by atoms with van der Waals surface area (Å²) in [6, 6.07) is 17.0. The van der Waals surface area contributed by atoms with Crippen molar-refractivity contribution >= 4 is 35.0 Å². The Labute approximate surface area is 155 Å². The fraction of sp³-hybridized carbons (Fsp3) is 0.105. The van der Waals surface area contributed by atoms with Crippen LogP contribution in [0.25, 0.3) is 11.3 Å². The van der Waals surface area contributed by atoms with Gasteiger partial charge in [0, 0.05) is 22.5 Å². The second-order valence-corrected chi connectivity index (χ2v) is 6.76. The molecule has 2 aromatic carbocycles. The quantitative estimate of drug-likeness (QED) is 0.516. The topological polar surface area (TPSA) is 54.9 Å². The van der Waals surface area contributed by atoms with Crippen LogP contribution in [0.2, 0.25) is 5.02 Å². The van der Waals surface area contributed by atoms with Gasteiger partial charge in [-0.25, -0.2) is 9.97 Å². The molecule has 0 saturated heterocycles. The van der Waals surface area contributed by atoms with E-state index in [1.807, 2.05) is 61.5 Å². The smallest absolute Gasteiger partial charge is 0.234 e. The molecule has 0 unspecified atom stereocenters. The SMILES string of the molecule is Cc1ccccc1NC(=O)CSc1nccc(-c2ccc(Cl)cc2)n1. The minimum Gasteiger partial charge on any atom is -0.325 e. The number of para-hydroxylation sites is 1. The summed E-state index contributed by atoms with van der Waals surface area (Å²) in [5.41, 5.74) is 3.61. The molecule has 0 spiro atoms.